The van der Waals surface area contributed by atoms with Gasteiger partial charge in [0.1, 0.15) is 5.52 Å². The van der Waals surface area contributed by atoms with Crippen LogP contribution in [0.15, 0.2) is 22.6 Å². The van der Waals surface area contributed by atoms with Crippen LogP contribution >= 0.6 is 0 Å². The highest BCUT2D eigenvalue weighted by Crippen LogP contribution is 2.28. The zero-order valence-electron chi connectivity index (χ0n) is 9.12. The Balaban J connectivity index is 2.00. The van der Waals surface area contributed by atoms with Gasteiger partial charge >= 0.3 is 0 Å². The number of nitrogens with zero attached hydrogens (tertiary/aromatic N) is 1. The summed E-state index contributed by atoms with van der Waals surface area (Å²) >= 11 is 0. The molecule has 1 N–H and O–H groups in total. The highest BCUT2D eigenvalue weighted by atomic mass is 19.3. The van der Waals surface area contributed by atoms with Gasteiger partial charge in [-0.25, -0.2) is 13.8 Å². The van der Waals surface area contributed by atoms with Crippen LogP contribution in [0.5, 0.6) is 0 Å². The minimum atomic E-state index is -2.47. The predicted molar refractivity (Wildman–Crippen MR) is 59.2 cm³/mol. The summed E-state index contributed by atoms with van der Waals surface area (Å²) in [5.74, 6) is 0.911. The number of alkyl halides is 2. The molecular formula is C12H12F2N2O. The first-order valence-electron chi connectivity index (χ1n) is 5.63. The molecule has 1 aromatic heterocycles. The molecule has 1 aromatic carbocycles. The summed E-state index contributed by atoms with van der Waals surface area (Å²) in [4.78, 5) is 4.30. The maximum absolute atomic E-state index is 12.5. The number of fused-ring (bicyclic) bond motifs is 1. The summed E-state index contributed by atoms with van der Waals surface area (Å²) in [5, 5.41) is 3.22. The van der Waals surface area contributed by atoms with Crippen LogP contribution in [0.4, 0.5) is 8.78 Å². The van der Waals surface area contributed by atoms with Crippen molar-refractivity contribution in [3.63, 3.8) is 0 Å². The average molecular weight is 238 g/mol. The van der Waals surface area contributed by atoms with Gasteiger partial charge in [0, 0.05) is 18.0 Å². The molecule has 1 aliphatic rings. The highest BCUT2D eigenvalue weighted by molar-refractivity contribution is 5.73. The van der Waals surface area contributed by atoms with Crippen molar-refractivity contribution in [1.82, 2.24) is 10.3 Å². The third kappa shape index (κ3) is 1.91. The number of hydrogen-bond acceptors (Lipinski definition) is 3. The van der Waals surface area contributed by atoms with E-state index in [2.05, 4.69) is 10.3 Å². The molecule has 90 valence electrons. The Morgan fingerprint density at radius 2 is 2.29 bits per heavy atom. The maximum atomic E-state index is 12.5. The van der Waals surface area contributed by atoms with E-state index in [-0.39, 0.29) is 11.5 Å². The van der Waals surface area contributed by atoms with Gasteiger partial charge in [-0.3, -0.25) is 0 Å². The topological polar surface area (TPSA) is 38.1 Å². The van der Waals surface area contributed by atoms with Crippen LogP contribution in [0.25, 0.3) is 11.1 Å². The van der Waals surface area contributed by atoms with E-state index in [0.717, 1.165) is 19.5 Å². The monoisotopic (exact) mass is 238 g/mol. The van der Waals surface area contributed by atoms with Crippen LogP contribution in [0, 0.1) is 0 Å². The predicted octanol–water partition coefficient (Wildman–Crippen LogP) is 2.84. The highest BCUT2D eigenvalue weighted by Gasteiger charge is 2.22. The Kier molecular flexibility index (Phi) is 2.55. The van der Waals surface area contributed by atoms with Gasteiger partial charge in [-0.15, -0.1) is 0 Å². The molecule has 2 aromatic rings. The van der Waals surface area contributed by atoms with E-state index in [1.165, 1.54) is 12.1 Å². The molecule has 1 saturated heterocycles. The zero-order valence-corrected chi connectivity index (χ0v) is 9.12. The largest absolute Gasteiger partial charge is 0.440 e. The average Bonchev–Trinajstić information content (AvgIpc) is 2.96. The molecule has 1 aliphatic heterocycles. The first kappa shape index (κ1) is 10.7. The first-order valence-corrected chi connectivity index (χ1v) is 5.63. The van der Waals surface area contributed by atoms with Crippen molar-refractivity contribution >= 4 is 11.1 Å². The third-order valence-electron chi connectivity index (χ3n) is 3.09. The molecule has 1 fully saturated rings. The molecule has 5 heteroatoms. The number of halogens is 2. The van der Waals surface area contributed by atoms with Crippen LogP contribution in [0.2, 0.25) is 0 Å². The lowest BCUT2D eigenvalue weighted by Gasteiger charge is -1.99. The van der Waals surface area contributed by atoms with Gasteiger partial charge in [0.2, 0.25) is 0 Å². The Hall–Kier alpha value is -1.49. The summed E-state index contributed by atoms with van der Waals surface area (Å²) < 4.78 is 30.7. The Morgan fingerprint density at radius 3 is 3.00 bits per heavy atom. The lowest BCUT2D eigenvalue weighted by Crippen LogP contribution is -2.07. The second-order valence-corrected chi connectivity index (χ2v) is 4.27. The van der Waals surface area contributed by atoms with Gasteiger partial charge in [0.15, 0.2) is 11.5 Å². The van der Waals surface area contributed by atoms with Gasteiger partial charge in [-0.2, -0.15) is 0 Å². The van der Waals surface area contributed by atoms with Gasteiger partial charge < -0.3 is 9.73 Å². The molecule has 0 radical (unpaired) electrons. The summed E-state index contributed by atoms with van der Waals surface area (Å²) in [6.07, 6.45) is -1.48. The van der Waals surface area contributed by atoms with Crippen molar-refractivity contribution in [2.24, 2.45) is 0 Å². The van der Waals surface area contributed by atoms with Crippen LogP contribution in [0.3, 0.4) is 0 Å². The second kappa shape index (κ2) is 4.07. The van der Waals surface area contributed by atoms with Crippen molar-refractivity contribution in [2.75, 3.05) is 13.1 Å². The number of oxazole rings is 1. The van der Waals surface area contributed by atoms with Crippen molar-refractivity contribution in [2.45, 2.75) is 18.8 Å². The Bertz CT molecular complexity index is 532. The zero-order chi connectivity index (χ0) is 11.8. The van der Waals surface area contributed by atoms with E-state index >= 15 is 0 Å². The summed E-state index contributed by atoms with van der Waals surface area (Å²) in [6.45, 7) is 1.79. The van der Waals surface area contributed by atoms with Crippen LogP contribution in [-0.2, 0) is 0 Å². The van der Waals surface area contributed by atoms with E-state index in [1.807, 2.05) is 0 Å². The van der Waals surface area contributed by atoms with Crippen molar-refractivity contribution < 1.29 is 13.2 Å². The third-order valence-corrected chi connectivity index (χ3v) is 3.09. The minimum Gasteiger partial charge on any atom is -0.440 e. The Labute approximate surface area is 96.8 Å². The SMILES string of the molecule is FC(F)c1ccc2oc(C3CCNC3)nc2c1. The van der Waals surface area contributed by atoms with Crippen LogP contribution in [0.1, 0.15) is 30.2 Å². The summed E-state index contributed by atoms with van der Waals surface area (Å²) in [6, 6.07) is 4.35. The molecule has 3 rings (SSSR count). The van der Waals surface area contributed by atoms with Crippen molar-refractivity contribution in [3.8, 4) is 0 Å². The van der Waals surface area contributed by atoms with E-state index < -0.39 is 6.43 Å². The molecule has 0 amide bonds. The van der Waals surface area contributed by atoms with E-state index in [0.29, 0.717) is 17.0 Å². The number of hydrogen-bond donors (Lipinski definition) is 1. The molecule has 0 bridgehead atoms. The lowest BCUT2D eigenvalue weighted by atomic mass is 10.1. The molecule has 0 saturated carbocycles. The fraction of sp³-hybridized carbons (Fsp3) is 0.417. The smallest absolute Gasteiger partial charge is 0.263 e. The molecule has 0 spiro atoms. The fourth-order valence-electron chi connectivity index (χ4n) is 2.14. The maximum Gasteiger partial charge on any atom is 0.263 e. The number of nitrogens with one attached hydrogen (secondary N) is 1. The van der Waals surface area contributed by atoms with E-state index in [9.17, 15) is 8.78 Å². The molecule has 2 heterocycles. The molecular weight excluding hydrogens is 226 g/mol. The van der Waals surface area contributed by atoms with Gasteiger partial charge in [-0.05, 0) is 31.2 Å². The summed E-state index contributed by atoms with van der Waals surface area (Å²) in [5.41, 5.74) is 1.09. The molecule has 3 nitrogen and oxygen atoms in total. The normalized spacial score (nSPS) is 20.5. The second-order valence-electron chi connectivity index (χ2n) is 4.27. The first-order chi connectivity index (χ1) is 8.24. The van der Waals surface area contributed by atoms with Gasteiger partial charge in [0.05, 0.1) is 0 Å². The Morgan fingerprint density at radius 1 is 1.41 bits per heavy atom. The molecule has 1 unspecified atom stereocenters. The van der Waals surface area contributed by atoms with Crippen molar-refractivity contribution in [1.29, 1.82) is 0 Å². The van der Waals surface area contributed by atoms with Crippen LogP contribution < -0.4 is 5.32 Å². The standard InChI is InChI=1S/C12H12F2N2O/c13-11(14)7-1-2-10-9(5-7)16-12(17-10)8-3-4-15-6-8/h1-2,5,8,11,15H,3-4,6H2. The number of rotatable bonds is 2. The quantitative estimate of drug-likeness (QED) is 0.874. The molecule has 0 aliphatic carbocycles. The lowest BCUT2D eigenvalue weighted by molar-refractivity contribution is 0.151. The van der Waals surface area contributed by atoms with E-state index in [1.54, 1.807) is 6.07 Å². The number of aromatic nitrogens is 1. The molecule has 1 atom stereocenters. The van der Waals surface area contributed by atoms with Crippen LogP contribution in [-0.4, -0.2) is 18.1 Å². The molecule has 17 heavy (non-hydrogen) atoms. The van der Waals surface area contributed by atoms with Crippen molar-refractivity contribution in [3.05, 3.63) is 29.7 Å². The fourth-order valence-corrected chi connectivity index (χ4v) is 2.14. The number of benzene rings is 1. The minimum absolute atomic E-state index is 0.0121. The van der Waals surface area contributed by atoms with E-state index in [4.69, 9.17) is 4.42 Å². The van der Waals surface area contributed by atoms with Gasteiger partial charge in [-0.1, -0.05) is 0 Å². The van der Waals surface area contributed by atoms with Gasteiger partial charge in [0.25, 0.3) is 6.43 Å². The summed E-state index contributed by atoms with van der Waals surface area (Å²) in [7, 11) is 0.